The van der Waals surface area contributed by atoms with Crippen LogP contribution < -0.4 is 4.90 Å². The minimum atomic E-state index is -0.454. The minimum Gasteiger partial charge on any atom is -0.465 e. The van der Waals surface area contributed by atoms with Crippen molar-refractivity contribution in [1.82, 2.24) is 4.90 Å². The lowest BCUT2D eigenvalue weighted by atomic mass is 10.2. The first-order chi connectivity index (χ1) is 14.0. The fourth-order valence-electron chi connectivity index (χ4n) is 2.95. The molecular formula is C22H27FN2O4. The van der Waals surface area contributed by atoms with Gasteiger partial charge in [-0.1, -0.05) is 6.92 Å². The van der Waals surface area contributed by atoms with Gasteiger partial charge in [-0.25, -0.2) is 14.0 Å². The van der Waals surface area contributed by atoms with Crippen LogP contribution in [0, 0.1) is 5.82 Å². The zero-order valence-electron chi connectivity index (χ0n) is 17.1. The molecule has 2 aromatic carbocycles. The topological polar surface area (TPSA) is 59.1 Å². The standard InChI is InChI=1S/C14H20N2O2.C8H7FO2/c1-3-15-8-10-16(11-9-15)13-6-4-12(5-7-13)14(17)18-2;1-11-8(10)6-2-4-7(9)5-3-6/h4-7H,3,8-11H2,1-2H3;2-5H,1H3. The quantitative estimate of drug-likeness (QED) is 0.732. The Morgan fingerprint density at radius 1 is 0.828 bits per heavy atom. The van der Waals surface area contributed by atoms with Crippen molar-refractivity contribution in [3.05, 3.63) is 65.5 Å². The van der Waals surface area contributed by atoms with Gasteiger partial charge >= 0.3 is 11.9 Å². The Hall–Kier alpha value is -2.93. The number of carbonyl (C=O) groups is 2. The molecule has 0 aromatic heterocycles. The molecule has 1 fully saturated rings. The fraction of sp³-hybridized carbons (Fsp3) is 0.364. The first-order valence-corrected chi connectivity index (χ1v) is 9.48. The summed E-state index contributed by atoms with van der Waals surface area (Å²) >= 11 is 0. The average Bonchev–Trinajstić information content (AvgIpc) is 2.79. The Balaban J connectivity index is 0.000000234. The van der Waals surface area contributed by atoms with Gasteiger partial charge in [-0.3, -0.25) is 0 Å². The molecule has 2 aromatic rings. The van der Waals surface area contributed by atoms with Gasteiger partial charge in [0.1, 0.15) is 5.82 Å². The van der Waals surface area contributed by atoms with Gasteiger partial charge in [-0.2, -0.15) is 0 Å². The van der Waals surface area contributed by atoms with E-state index in [0.717, 1.165) is 32.7 Å². The third-order valence-corrected chi connectivity index (χ3v) is 4.74. The van der Waals surface area contributed by atoms with Gasteiger partial charge in [-0.15, -0.1) is 0 Å². The van der Waals surface area contributed by atoms with Gasteiger partial charge < -0.3 is 19.3 Å². The van der Waals surface area contributed by atoms with Crippen LogP contribution in [0.5, 0.6) is 0 Å². The molecule has 3 rings (SSSR count). The summed E-state index contributed by atoms with van der Waals surface area (Å²) in [5.74, 6) is -1.10. The number of benzene rings is 2. The van der Waals surface area contributed by atoms with Gasteiger partial charge in [-0.05, 0) is 55.1 Å². The predicted molar refractivity (Wildman–Crippen MR) is 110 cm³/mol. The molecule has 29 heavy (non-hydrogen) atoms. The second-order valence-corrected chi connectivity index (χ2v) is 6.46. The summed E-state index contributed by atoms with van der Waals surface area (Å²) in [6.07, 6.45) is 0. The van der Waals surface area contributed by atoms with Crippen LogP contribution in [0.25, 0.3) is 0 Å². The van der Waals surface area contributed by atoms with E-state index >= 15 is 0 Å². The monoisotopic (exact) mass is 402 g/mol. The van der Waals surface area contributed by atoms with Gasteiger partial charge in [0, 0.05) is 31.9 Å². The summed E-state index contributed by atoms with van der Waals surface area (Å²) in [6.45, 7) is 7.62. The molecule has 0 unspecified atom stereocenters. The van der Waals surface area contributed by atoms with E-state index in [2.05, 4.69) is 21.5 Å². The van der Waals surface area contributed by atoms with Crippen LogP contribution >= 0.6 is 0 Å². The molecule has 1 aliphatic heterocycles. The number of piperazine rings is 1. The Labute approximate surface area is 170 Å². The molecule has 156 valence electrons. The lowest BCUT2D eigenvalue weighted by Crippen LogP contribution is -2.46. The largest absolute Gasteiger partial charge is 0.465 e. The van der Waals surface area contributed by atoms with Crippen LogP contribution in [-0.4, -0.2) is 63.8 Å². The number of hydrogen-bond donors (Lipinski definition) is 0. The molecule has 1 heterocycles. The van der Waals surface area contributed by atoms with Crippen molar-refractivity contribution in [3.8, 4) is 0 Å². The van der Waals surface area contributed by atoms with Crippen molar-refractivity contribution in [2.45, 2.75) is 6.92 Å². The molecule has 1 aliphatic rings. The smallest absolute Gasteiger partial charge is 0.337 e. The van der Waals surface area contributed by atoms with E-state index in [0.29, 0.717) is 11.1 Å². The highest BCUT2D eigenvalue weighted by atomic mass is 19.1. The summed E-state index contributed by atoms with van der Waals surface area (Å²) in [5.41, 5.74) is 2.14. The lowest BCUT2D eigenvalue weighted by molar-refractivity contribution is 0.0592. The number of esters is 2. The van der Waals surface area contributed by atoms with Crippen molar-refractivity contribution >= 4 is 17.6 Å². The van der Waals surface area contributed by atoms with Crippen LogP contribution in [0.15, 0.2) is 48.5 Å². The first-order valence-electron chi connectivity index (χ1n) is 9.48. The molecule has 0 bridgehead atoms. The summed E-state index contributed by atoms with van der Waals surface area (Å²) in [7, 11) is 2.69. The van der Waals surface area contributed by atoms with Crippen LogP contribution in [0.3, 0.4) is 0 Å². The zero-order chi connectivity index (χ0) is 21.2. The highest BCUT2D eigenvalue weighted by molar-refractivity contribution is 5.90. The third-order valence-electron chi connectivity index (χ3n) is 4.74. The van der Waals surface area contributed by atoms with Crippen molar-refractivity contribution in [1.29, 1.82) is 0 Å². The first kappa shape index (κ1) is 22.4. The number of anilines is 1. The molecule has 0 aliphatic carbocycles. The second-order valence-electron chi connectivity index (χ2n) is 6.46. The SMILES string of the molecule is CCN1CCN(c2ccc(C(=O)OC)cc2)CC1.COC(=O)c1ccc(F)cc1. The summed E-state index contributed by atoms with van der Waals surface area (Å²) in [5, 5.41) is 0. The van der Waals surface area contributed by atoms with Crippen molar-refractivity contribution < 1.29 is 23.5 Å². The lowest BCUT2D eigenvalue weighted by Gasteiger charge is -2.35. The van der Waals surface area contributed by atoms with Crippen molar-refractivity contribution in [2.75, 3.05) is 51.8 Å². The second kappa shape index (κ2) is 11.2. The van der Waals surface area contributed by atoms with Gasteiger partial charge in [0.25, 0.3) is 0 Å². The molecule has 0 atom stereocenters. The maximum absolute atomic E-state index is 12.3. The molecular weight excluding hydrogens is 375 g/mol. The summed E-state index contributed by atoms with van der Waals surface area (Å²) < 4.78 is 21.4. The predicted octanol–water partition coefficient (Wildman–Crippen LogP) is 3.23. The van der Waals surface area contributed by atoms with E-state index in [-0.39, 0.29) is 11.8 Å². The summed E-state index contributed by atoms with van der Waals surface area (Å²) in [6, 6.07) is 12.8. The molecule has 6 nitrogen and oxygen atoms in total. The maximum atomic E-state index is 12.3. The molecule has 1 saturated heterocycles. The molecule has 7 heteroatoms. The third kappa shape index (κ3) is 6.57. The van der Waals surface area contributed by atoms with Crippen LogP contribution in [-0.2, 0) is 9.47 Å². The fourth-order valence-corrected chi connectivity index (χ4v) is 2.95. The number of likely N-dealkylation sites (N-methyl/N-ethyl adjacent to an activating group) is 1. The normalized spacial score (nSPS) is 13.9. The Bertz CT molecular complexity index is 785. The zero-order valence-corrected chi connectivity index (χ0v) is 17.1. The number of methoxy groups -OCH3 is 2. The van der Waals surface area contributed by atoms with Crippen LogP contribution in [0.2, 0.25) is 0 Å². The number of halogens is 1. The highest BCUT2D eigenvalue weighted by Gasteiger charge is 2.16. The van der Waals surface area contributed by atoms with Gasteiger partial charge in [0.05, 0.1) is 25.3 Å². The average molecular weight is 402 g/mol. The molecule has 0 saturated carbocycles. The van der Waals surface area contributed by atoms with Gasteiger partial charge in [0.2, 0.25) is 0 Å². The van der Waals surface area contributed by atoms with Crippen LogP contribution in [0.4, 0.5) is 10.1 Å². The Morgan fingerprint density at radius 3 is 1.69 bits per heavy atom. The van der Waals surface area contributed by atoms with E-state index in [1.54, 1.807) is 0 Å². The minimum absolute atomic E-state index is 0.280. The van der Waals surface area contributed by atoms with E-state index < -0.39 is 5.97 Å². The van der Waals surface area contributed by atoms with E-state index in [4.69, 9.17) is 4.74 Å². The van der Waals surface area contributed by atoms with E-state index in [1.165, 1.54) is 44.2 Å². The van der Waals surface area contributed by atoms with E-state index in [9.17, 15) is 14.0 Å². The Morgan fingerprint density at radius 2 is 1.28 bits per heavy atom. The molecule has 0 amide bonds. The van der Waals surface area contributed by atoms with Gasteiger partial charge in [0.15, 0.2) is 0 Å². The van der Waals surface area contributed by atoms with E-state index in [1.807, 2.05) is 24.3 Å². The number of ether oxygens (including phenoxy) is 2. The number of rotatable bonds is 4. The number of hydrogen-bond acceptors (Lipinski definition) is 6. The molecule has 0 radical (unpaired) electrons. The summed E-state index contributed by atoms with van der Waals surface area (Å²) in [4.78, 5) is 26.9. The van der Waals surface area contributed by atoms with Crippen molar-refractivity contribution in [3.63, 3.8) is 0 Å². The van der Waals surface area contributed by atoms with Crippen LogP contribution in [0.1, 0.15) is 27.6 Å². The molecule has 0 spiro atoms. The highest BCUT2D eigenvalue weighted by Crippen LogP contribution is 2.17. The van der Waals surface area contributed by atoms with Crippen molar-refractivity contribution in [2.24, 2.45) is 0 Å². The molecule has 0 N–H and O–H groups in total. The maximum Gasteiger partial charge on any atom is 0.337 e. The number of nitrogens with zero attached hydrogens (tertiary/aromatic N) is 2. The Kier molecular flexibility index (Phi) is 8.61. The number of carbonyl (C=O) groups excluding carboxylic acids is 2.